The summed E-state index contributed by atoms with van der Waals surface area (Å²) in [7, 11) is 0. The monoisotopic (exact) mass is 325 g/mol. The van der Waals surface area contributed by atoms with Gasteiger partial charge in [0.2, 0.25) is 0 Å². The molecule has 0 bridgehead atoms. The summed E-state index contributed by atoms with van der Waals surface area (Å²) in [5.74, 6) is -0.504. The van der Waals surface area contributed by atoms with Gasteiger partial charge in [-0.1, -0.05) is 0 Å². The minimum Gasteiger partial charge on any atom is -0.368 e. The summed E-state index contributed by atoms with van der Waals surface area (Å²) < 4.78 is 13.1. The van der Waals surface area contributed by atoms with Crippen molar-refractivity contribution in [2.24, 2.45) is 0 Å². The molecule has 1 aliphatic rings. The summed E-state index contributed by atoms with van der Waals surface area (Å²) >= 11 is 0. The third-order valence-corrected chi connectivity index (χ3v) is 3.94. The Kier molecular flexibility index (Phi) is 4.57. The maximum Gasteiger partial charge on any atom is 0.322 e. The summed E-state index contributed by atoms with van der Waals surface area (Å²) in [6.07, 6.45) is 3.48. The summed E-state index contributed by atoms with van der Waals surface area (Å²) in [5.41, 5.74) is 1.51. The van der Waals surface area contributed by atoms with Crippen LogP contribution < -0.4 is 10.2 Å². The molecular formula is C17H16FN5O. The lowest BCUT2D eigenvalue weighted by atomic mass is 10.2. The van der Waals surface area contributed by atoms with Crippen LogP contribution in [-0.4, -0.2) is 42.1 Å². The number of benzene rings is 1. The Morgan fingerprint density at radius 3 is 2.54 bits per heavy atom. The predicted molar refractivity (Wildman–Crippen MR) is 88.2 cm³/mol. The molecule has 0 atom stereocenters. The van der Waals surface area contributed by atoms with Crippen LogP contribution in [0.4, 0.5) is 20.6 Å². The first-order chi connectivity index (χ1) is 11.7. The van der Waals surface area contributed by atoms with Crippen LogP contribution in [0.15, 0.2) is 42.7 Å². The zero-order valence-corrected chi connectivity index (χ0v) is 12.9. The number of pyridine rings is 1. The largest absolute Gasteiger partial charge is 0.368 e. The minimum absolute atomic E-state index is 0.110. The molecule has 1 aromatic carbocycles. The molecule has 1 N–H and O–H groups in total. The minimum atomic E-state index is -0.504. The van der Waals surface area contributed by atoms with Gasteiger partial charge < -0.3 is 15.1 Å². The first kappa shape index (κ1) is 15.7. The number of anilines is 2. The van der Waals surface area contributed by atoms with Crippen LogP contribution in [0.3, 0.4) is 0 Å². The second kappa shape index (κ2) is 6.96. The number of piperazine rings is 1. The number of hydrogen-bond donors (Lipinski definition) is 1. The first-order valence-electron chi connectivity index (χ1n) is 7.58. The van der Waals surface area contributed by atoms with Crippen LogP contribution >= 0.6 is 0 Å². The highest BCUT2D eigenvalue weighted by Crippen LogP contribution is 2.18. The first-order valence-corrected chi connectivity index (χ1v) is 7.58. The zero-order chi connectivity index (χ0) is 16.9. The van der Waals surface area contributed by atoms with Crippen molar-refractivity contribution in [2.45, 2.75) is 0 Å². The molecule has 6 nitrogen and oxygen atoms in total. The molecule has 0 aliphatic carbocycles. The van der Waals surface area contributed by atoms with Crippen molar-refractivity contribution in [3.8, 4) is 6.07 Å². The van der Waals surface area contributed by atoms with E-state index in [4.69, 9.17) is 5.26 Å². The molecule has 7 heteroatoms. The van der Waals surface area contributed by atoms with E-state index in [1.165, 1.54) is 12.1 Å². The highest BCUT2D eigenvalue weighted by Gasteiger charge is 2.22. The molecule has 1 fully saturated rings. The van der Waals surface area contributed by atoms with E-state index in [1.807, 2.05) is 18.2 Å². The number of urea groups is 1. The standard InChI is InChI=1S/C17H16FN5O/c18-14-1-2-16(13(11-14)12-19)21-17(24)23-9-7-22(8-10-23)15-3-5-20-6-4-15/h1-6,11H,7-10H2,(H,21,24). The SMILES string of the molecule is N#Cc1cc(F)ccc1NC(=O)N1CCN(c2ccncc2)CC1. The maximum atomic E-state index is 13.1. The highest BCUT2D eigenvalue weighted by molar-refractivity contribution is 5.91. The smallest absolute Gasteiger partial charge is 0.322 e. The summed E-state index contributed by atoms with van der Waals surface area (Å²) in [6, 6.07) is 9.21. The Balaban J connectivity index is 1.61. The van der Waals surface area contributed by atoms with Gasteiger partial charge in [-0.15, -0.1) is 0 Å². The van der Waals surface area contributed by atoms with Crippen molar-refractivity contribution in [1.82, 2.24) is 9.88 Å². The van der Waals surface area contributed by atoms with Crippen LogP contribution in [0, 0.1) is 17.1 Å². The fourth-order valence-electron chi connectivity index (χ4n) is 2.63. The van der Waals surface area contributed by atoms with E-state index in [0.29, 0.717) is 31.9 Å². The Labute approximate surface area is 139 Å². The Hall–Kier alpha value is -3.14. The fraction of sp³-hybridized carbons (Fsp3) is 0.235. The van der Waals surface area contributed by atoms with E-state index < -0.39 is 5.82 Å². The molecule has 3 rings (SSSR count). The number of nitrogens with one attached hydrogen (secondary N) is 1. The normalized spacial score (nSPS) is 14.2. The van der Waals surface area contributed by atoms with Crippen molar-refractivity contribution < 1.29 is 9.18 Å². The number of carbonyl (C=O) groups is 1. The maximum absolute atomic E-state index is 13.1. The Morgan fingerprint density at radius 2 is 1.88 bits per heavy atom. The summed E-state index contributed by atoms with van der Waals surface area (Å²) in [6.45, 7) is 2.56. The average molecular weight is 325 g/mol. The van der Waals surface area contributed by atoms with E-state index in [0.717, 1.165) is 11.8 Å². The van der Waals surface area contributed by atoms with Gasteiger partial charge in [-0.2, -0.15) is 5.26 Å². The topological polar surface area (TPSA) is 72.3 Å². The van der Waals surface area contributed by atoms with E-state index in [-0.39, 0.29) is 11.6 Å². The molecule has 0 unspecified atom stereocenters. The third-order valence-electron chi connectivity index (χ3n) is 3.94. The average Bonchev–Trinajstić information content (AvgIpc) is 2.64. The van der Waals surface area contributed by atoms with Crippen LogP contribution in [0.25, 0.3) is 0 Å². The van der Waals surface area contributed by atoms with Gasteiger partial charge in [0.1, 0.15) is 11.9 Å². The van der Waals surface area contributed by atoms with Crippen LogP contribution in [0.2, 0.25) is 0 Å². The van der Waals surface area contributed by atoms with Crippen LogP contribution in [-0.2, 0) is 0 Å². The molecule has 1 aliphatic heterocycles. The van der Waals surface area contributed by atoms with Gasteiger partial charge in [0.15, 0.2) is 0 Å². The highest BCUT2D eigenvalue weighted by atomic mass is 19.1. The summed E-state index contributed by atoms with van der Waals surface area (Å²) in [4.78, 5) is 20.2. The Morgan fingerprint density at radius 1 is 1.17 bits per heavy atom. The second-order valence-electron chi connectivity index (χ2n) is 5.41. The van der Waals surface area contributed by atoms with Crippen LogP contribution in [0.5, 0.6) is 0 Å². The molecule has 2 amide bonds. The molecule has 122 valence electrons. The Bertz CT molecular complexity index is 766. The number of hydrogen-bond acceptors (Lipinski definition) is 4. The van der Waals surface area contributed by atoms with Gasteiger partial charge in [-0.25, -0.2) is 9.18 Å². The van der Waals surface area contributed by atoms with E-state index in [9.17, 15) is 9.18 Å². The predicted octanol–water partition coefficient (Wildman–Crippen LogP) is 2.45. The number of aromatic nitrogens is 1. The molecule has 24 heavy (non-hydrogen) atoms. The molecule has 2 heterocycles. The lowest BCUT2D eigenvalue weighted by molar-refractivity contribution is 0.208. The van der Waals surface area contributed by atoms with Gasteiger partial charge in [0.25, 0.3) is 0 Å². The molecule has 1 saturated heterocycles. The van der Waals surface area contributed by atoms with E-state index in [2.05, 4.69) is 15.2 Å². The second-order valence-corrected chi connectivity index (χ2v) is 5.41. The molecule has 2 aromatic rings. The molecule has 1 aromatic heterocycles. The number of nitrogens with zero attached hydrogens (tertiary/aromatic N) is 4. The number of halogens is 1. The van der Waals surface area contributed by atoms with E-state index in [1.54, 1.807) is 17.3 Å². The number of rotatable bonds is 2. The lowest BCUT2D eigenvalue weighted by Crippen LogP contribution is -2.50. The molecular weight excluding hydrogens is 309 g/mol. The van der Waals surface area contributed by atoms with Gasteiger partial charge >= 0.3 is 6.03 Å². The molecule has 0 radical (unpaired) electrons. The van der Waals surface area contributed by atoms with Crippen LogP contribution in [0.1, 0.15) is 5.56 Å². The molecule has 0 spiro atoms. The summed E-state index contributed by atoms with van der Waals surface area (Å²) in [5, 5.41) is 11.7. The van der Waals surface area contributed by atoms with Crippen molar-refractivity contribution in [1.29, 1.82) is 5.26 Å². The third kappa shape index (κ3) is 3.43. The quantitative estimate of drug-likeness (QED) is 0.920. The fourth-order valence-corrected chi connectivity index (χ4v) is 2.63. The van der Waals surface area contributed by atoms with Gasteiger partial charge in [-0.05, 0) is 30.3 Å². The van der Waals surface area contributed by atoms with Crippen molar-refractivity contribution in [2.75, 3.05) is 36.4 Å². The van der Waals surface area contributed by atoms with Crippen molar-refractivity contribution in [3.63, 3.8) is 0 Å². The number of carbonyl (C=O) groups excluding carboxylic acids is 1. The van der Waals surface area contributed by atoms with Crippen molar-refractivity contribution >= 4 is 17.4 Å². The van der Waals surface area contributed by atoms with Crippen molar-refractivity contribution in [3.05, 3.63) is 54.1 Å². The van der Waals surface area contributed by atoms with Gasteiger partial charge in [0.05, 0.1) is 11.3 Å². The lowest BCUT2D eigenvalue weighted by Gasteiger charge is -2.36. The van der Waals surface area contributed by atoms with Gasteiger partial charge in [-0.3, -0.25) is 4.98 Å². The number of nitriles is 1. The van der Waals surface area contributed by atoms with E-state index >= 15 is 0 Å². The number of amides is 2. The molecule has 0 saturated carbocycles. The van der Waals surface area contributed by atoms with Gasteiger partial charge in [0, 0.05) is 44.3 Å². The zero-order valence-electron chi connectivity index (χ0n) is 12.9.